The first-order valence-electron chi connectivity index (χ1n) is 5.07. The predicted octanol–water partition coefficient (Wildman–Crippen LogP) is 3.19. The van der Waals surface area contributed by atoms with E-state index in [4.69, 9.17) is 9.05 Å². The number of aryl methyl sites for hydroxylation is 2. The molecule has 1 unspecified atom stereocenters. The van der Waals surface area contributed by atoms with Crippen LogP contribution < -0.4 is 4.52 Å². The van der Waals surface area contributed by atoms with Crippen molar-refractivity contribution in [1.82, 2.24) is 0 Å². The van der Waals surface area contributed by atoms with Crippen LogP contribution in [-0.4, -0.2) is 11.5 Å². The van der Waals surface area contributed by atoms with Gasteiger partial charge in [0.15, 0.2) is 0 Å². The van der Waals surface area contributed by atoms with Gasteiger partial charge in [0.1, 0.15) is 5.75 Å². The third kappa shape index (κ3) is 3.45. The molecular weight excluding hydrogens is 211 g/mol. The van der Waals surface area contributed by atoms with Gasteiger partial charge < -0.3 is 13.9 Å². The third-order valence-corrected chi connectivity index (χ3v) is 2.90. The maximum Gasteiger partial charge on any atom is 0.394 e. The Bertz CT molecular complexity index is 315. The molecule has 3 nitrogen and oxygen atoms in total. The molecule has 1 aromatic rings. The highest BCUT2D eigenvalue weighted by atomic mass is 31.2. The van der Waals surface area contributed by atoms with E-state index in [2.05, 4.69) is 6.92 Å². The van der Waals surface area contributed by atoms with Crippen molar-refractivity contribution in [2.75, 3.05) is 6.61 Å². The first kappa shape index (κ1) is 12.4. The van der Waals surface area contributed by atoms with Gasteiger partial charge in [0.25, 0.3) is 0 Å². The summed E-state index contributed by atoms with van der Waals surface area (Å²) in [6.07, 6.45) is 0.881. The Morgan fingerprint density at radius 2 is 2.07 bits per heavy atom. The lowest BCUT2D eigenvalue weighted by atomic mass is 10.1. The van der Waals surface area contributed by atoms with Gasteiger partial charge in [0.2, 0.25) is 0 Å². The van der Waals surface area contributed by atoms with Crippen molar-refractivity contribution in [2.24, 2.45) is 0 Å². The monoisotopic (exact) mass is 228 g/mol. The van der Waals surface area contributed by atoms with Gasteiger partial charge in [-0.25, -0.2) is 0 Å². The van der Waals surface area contributed by atoms with Crippen LogP contribution in [0.15, 0.2) is 18.2 Å². The van der Waals surface area contributed by atoms with Crippen LogP contribution in [0.2, 0.25) is 0 Å². The lowest BCUT2D eigenvalue weighted by Gasteiger charge is -2.15. The van der Waals surface area contributed by atoms with Crippen LogP contribution in [0.25, 0.3) is 0 Å². The van der Waals surface area contributed by atoms with Crippen LogP contribution in [0.4, 0.5) is 0 Å². The molecule has 0 saturated heterocycles. The summed E-state index contributed by atoms with van der Waals surface area (Å²) in [6.45, 7) is 6.30. The maximum absolute atomic E-state index is 9.47. The molecule has 1 aromatic carbocycles. The standard InChI is InChI=1S/C11H17O3P/c1-4-10-8-6-7-9(3)11(10)14-15(12)13-5-2/h6-8,12H,4-5H2,1-3H3. The van der Waals surface area contributed by atoms with Crippen LogP contribution >= 0.6 is 8.60 Å². The molecule has 0 heterocycles. The molecule has 0 aliphatic carbocycles. The molecule has 1 rings (SSSR count). The summed E-state index contributed by atoms with van der Waals surface area (Å²) in [7, 11) is -1.80. The minimum absolute atomic E-state index is 0.454. The van der Waals surface area contributed by atoms with Crippen LogP contribution in [-0.2, 0) is 10.9 Å². The normalized spacial score (nSPS) is 12.5. The molecule has 0 spiro atoms. The van der Waals surface area contributed by atoms with E-state index in [-0.39, 0.29) is 0 Å². The van der Waals surface area contributed by atoms with E-state index >= 15 is 0 Å². The Hall–Kier alpha value is -0.630. The first-order valence-corrected chi connectivity index (χ1v) is 6.20. The fourth-order valence-electron chi connectivity index (χ4n) is 1.34. The molecule has 0 saturated carbocycles. The molecule has 1 atom stereocenters. The summed E-state index contributed by atoms with van der Waals surface area (Å²) in [5, 5.41) is 0. The number of benzene rings is 1. The second-order valence-corrected chi connectivity index (χ2v) is 4.08. The molecule has 1 N–H and O–H groups in total. The predicted molar refractivity (Wildman–Crippen MR) is 61.9 cm³/mol. The van der Waals surface area contributed by atoms with E-state index in [1.165, 1.54) is 0 Å². The van der Waals surface area contributed by atoms with Gasteiger partial charge in [-0.2, -0.15) is 0 Å². The smallest absolute Gasteiger partial charge is 0.394 e. The zero-order chi connectivity index (χ0) is 11.3. The maximum atomic E-state index is 9.47. The lowest BCUT2D eigenvalue weighted by molar-refractivity contribution is 0.273. The average Bonchev–Trinajstić information content (AvgIpc) is 2.21. The van der Waals surface area contributed by atoms with Gasteiger partial charge in [0.05, 0.1) is 6.61 Å². The Balaban J connectivity index is 2.82. The van der Waals surface area contributed by atoms with E-state index in [1.807, 2.05) is 32.0 Å². The van der Waals surface area contributed by atoms with Crippen LogP contribution in [0.3, 0.4) is 0 Å². The van der Waals surface area contributed by atoms with Crippen LogP contribution in [0.5, 0.6) is 5.75 Å². The Morgan fingerprint density at radius 3 is 2.67 bits per heavy atom. The molecule has 0 aromatic heterocycles. The number of hydrogen-bond donors (Lipinski definition) is 1. The Labute approximate surface area is 92.0 Å². The molecule has 0 amide bonds. The second kappa shape index (κ2) is 6.06. The summed E-state index contributed by atoms with van der Waals surface area (Å²) >= 11 is 0. The van der Waals surface area contributed by atoms with E-state index in [1.54, 1.807) is 0 Å². The van der Waals surface area contributed by atoms with E-state index in [9.17, 15) is 4.89 Å². The van der Waals surface area contributed by atoms with Crippen molar-refractivity contribution < 1.29 is 13.9 Å². The summed E-state index contributed by atoms with van der Waals surface area (Å²) in [5.41, 5.74) is 2.12. The largest absolute Gasteiger partial charge is 0.426 e. The SMILES string of the molecule is CCOP(O)Oc1c(C)cccc1CC. The van der Waals surface area contributed by atoms with Gasteiger partial charge >= 0.3 is 8.60 Å². The van der Waals surface area contributed by atoms with Crippen molar-refractivity contribution in [3.63, 3.8) is 0 Å². The lowest BCUT2D eigenvalue weighted by Crippen LogP contribution is -1.97. The number of para-hydroxylation sites is 1. The average molecular weight is 228 g/mol. The molecule has 0 aliphatic rings. The van der Waals surface area contributed by atoms with Crippen molar-refractivity contribution in [1.29, 1.82) is 0 Å². The molecule has 0 bridgehead atoms. The van der Waals surface area contributed by atoms with Crippen molar-refractivity contribution in [3.05, 3.63) is 29.3 Å². The highest BCUT2D eigenvalue weighted by Crippen LogP contribution is 2.38. The van der Waals surface area contributed by atoms with Gasteiger partial charge in [-0.15, -0.1) is 0 Å². The quantitative estimate of drug-likeness (QED) is 0.786. The molecule has 84 valence electrons. The zero-order valence-corrected chi connectivity index (χ0v) is 10.3. The van der Waals surface area contributed by atoms with E-state index in [0.29, 0.717) is 6.61 Å². The molecule has 15 heavy (non-hydrogen) atoms. The van der Waals surface area contributed by atoms with Crippen LogP contribution in [0.1, 0.15) is 25.0 Å². The van der Waals surface area contributed by atoms with Crippen molar-refractivity contribution >= 4 is 8.60 Å². The number of hydrogen-bond acceptors (Lipinski definition) is 3. The summed E-state index contributed by atoms with van der Waals surface area (Å²) in [5.74, 6) is 0.752. The molecule has 4 heteroatoms. The molecular formula is C11H17O3P. The van der Waals surface area contributed by atoms with E-state index in [0.717, 1.165) is 23.3 Å². The first-order chi connectivity index (χ1) is 7.19. The summed E-state index contributed by atoms with van der Waals surface area (Å²) in [6, 6.07) is 5.95. The third-order valence-electron chi connectivity index (χ3n) is 2.08. The van der Waals surface area contributed by atoms with E-state index < -0.39 is 8.60 Å². The highest BCUT2D eigenvalue weighted by molar-refractivity contribution is 7.41. The Morgan fingerprint density at radius 1 is 1.33 bits per heavy atom. The molecule has 0 fully saturated rings. The van der Waals surface area contributed by atoms with Crippen molar-refractivity contribution in [2.45, 2.75) is 27.2 Å². The summed E-state index contributed by atoms with van der Waals surface area (Å²) < 4.78 is 10.4. The molecule has 0 aliphatic heterocycles. The second-order valence-electron chi connectivity index (χ2n) is 3.16. The fraction of sp³-hybridized carbons (Fsp3) is 0.455. The minimum Gasteiger partial charge on any atom is -0.426 e. The van der Waals surface area contributed by atoms with Crippen molar-refractivity contribution in [3.8, 4) is 5.75 Å². The van der Waals surface area contributed by atoms with Gasteiger partial charge in [-0.3, -0.25) is 0 Å². The summed E-state index contributed by atoms with van der Waals surface area (Å²) in [4.78, 5) is 9.47. The zero-order valence-electron chi connectivity index (χ0n) is 9.36. The van der Waals surface area contributed by atoms with Crippen LogP contribution in [0, 0.1) is 6.92 Å². The highest BCUT2D eigenvalue weighted by Gasteiger charge is 2.12. The molecule has 0 radical (unpaired) electrons. The van der Waals surface area contributed by atoms with Gasteiger partial charge in [-0.05, 0) is 31.4 Å². The fourth-order valence-corrected chi connectivity index (χ4v) is 2.03. The minimum atomic E-state index is -1.80. The number of rotatable bonds is 5. The Kier molecular flexibility index (Phi) is 5.03. The van der Waals surface area contributed by atoms with Gasteiger partial charge in [-0.1, -0.05) is 25.1 Å². The topological polar surface area (TPSA) is 38.7 Å². The van der Waals surface area contributed by atoms with Gasteiger partial charge in [0, 0.05) is 0 Å².